The van der Waals surface area contributed by atoms with Crippen LogP contribution >= 0.6 is 0 Å². The highest BCUT2D eigenvalue weighted by Crippen LogP contribution is 2.27. The van der Waals surface area contributed by atoms with Crippen LogP contribution in [0.4, 0.5) is 5.69 Å². The zero-order valence-corrected chi connectivity index (χ0v) is 8.13. The molecule has 1 unspecified atom stereocenters. The van der Waals surface area contributed by atoms with E-state index in [1.54, 1.807) is 0 Å². The van der Waals surface area contributed by atoms with Crippen LogP contribution in [0.2, 0.25) is 0 Å². The van der Waals surface area contributed by atoms with E-state index >= 15 is 0 Å². The number of hydrogen-bond donors (Lipinski definition) is 1. The lowest BCUT2D eigenvalue weighted by atomic mass is 9.82. The van der Waals surface area contributed by atoms with Crippen LogP contribution in [0, 0.1) is 10.6 Å². The topological polar surface area (TPSA) is 27.5 Å². The van der Waals surface area contributed by atoms with Gasteiger partial charge in [-0.2, -0.15) is 0 Å². The molecule has 0 saturated carbocycles. The largest absolute Gasteiger partial charge is 0.629 e. The summed E-state index contributed by atoms with van der Waals surface area (Å²) < 4.78 is 0. The van der Waals surface area contributed by atoms with Gasteiger partial charge in [-0.05, 0) is 12.5 Å². The Morgan fingerprint density at radius 3 is 2.77 bits per heavy atom. The number of hydroxylamine groups is 1. The molecule has 0 saturated heterocycles. The maximum atomic E-state index is 11.7. The highest BCUT2D eigenvalue weighted by atomic mass is 16.5. The fourth-order valence-corrected chi connectivity index (χ4v) is 2.05. The maximum absolute atomic E-state index is 11.7. The normalized spacial score (nSPS) is 25.3. The first kappa shape index (κ1) is 8.73. The van der Waals surface area contributed by atoms with Gasteiger partial charge in [-0.3, -0.25) is 0 Å². The molecular weight excluding hydrogens is 162 g/mol. The van der Waals surface area contributed by atoms with Gasteiger partial charge >= 0.3 is 0 Å². The second-order valence-electron chi connectivity index (χ2n) is 4.60. The Hall–Kier alpha value is -0.860. The Labute approximate surface area is 78.8 Å². The van der Waals surface area contributed by atoms with Crippen molar-refractivity contribution >= 4 is 5.69 Å². The minimum absolute atomic E-state index is 0.144. The fraction of sp³-hybridized carbons (Fsp3) is 0.455. The lowest BCUT2D eigenvalue weighted by molar-refractivity contribution is -0.788. The van der Waals surface area contributed by atoms with Crippen LogP contribution in [-0.4, -0.2) is 6.54 Å². The van der Waals surface area contributed by atoms with Gasteiger partial charge in [0.15, 0.2) is 0 Å². The molecule has 13 heavy (non-hydrogen) atoms. The van der Waals surface area contributed by atoms with Gasteiger partial charge in [-0.15, -0.1) is 0 Å². The number of rotatable bonds is 0. The first-order valence-electron chi connectivity index (χ1n) is 4.70. The van der Waals surface area contributed by atoms with Crippen molar-refractivity contribution in [1.82, 2.24) is 0 Å². The second-order valence-corrected chi connectivity index (χ2v) is 4.60. The van der Waals surface area contributed by atoms with Gasteiger partial charge in [0.25, 0.3) is 0 Å². The molecule has 0 spiro atoms. The summed E-state index contributed by atoms with van der Waals surface area (Å²) in [6.07, 6.45) is 1.02. The van der Waals surface area contributed by atoms with Gasteiger partial charge in [-0.25, -0.2) is 0 Å². The van der Waals surface area contributed by atoms with Gasteiger partial charge in [0, 0.05) is 11.0 Å². The summed E-state index contributed by atoms with van der Waals surface area (Å²) >= 11 is 0. The number of quaternary nitrogens is 1. The van der Waals surface area contributed by atoms with Gasteiger partial charge in [-0.1, -0.05) is 32.0 Å². The average Bonchev–Trinajstić information content (AvgIpc) is 2.02. The SMILES string of the molecule is CC1(C)Cc2ccccc2[NH+]([O-])C1. The van der Waals surface area contributed by atoms with Gasteiger partial charge in [0.1, 0.15) is 5.69 Å². The van der Waals surface area contributed by atoms with Crippen LogP contribution in [0.25, 0.3) is 0 Å². The van der Waals surface area contributed by atoms with Crippen molar-refractivity contribution in [3.8, 4) is 0 Å². The minimum Gasteiger partial charge on any atom is -0.629 e. The molecule has 0 bridgehead atoms. The lowest BCUT2D eigenvalue weighted by Crippen LogP contribution is -3.04. The Balaban J connectivity index is 2.43. The van der Waals surface area contributed by atoms with Crippen molar-refractivity contribution in [3.05, 3.63) is 35.0 Å². The minimum atomic E-state index is 0.144. The molecule has 0 aliphatic carbocycles. The van der Waals surface area contributed by atoms with E-state index in [0.29, 0.717) is 11.6 Å². The van der Waals surface area contributed by atoms with E-state index in [9.17, 15) is 5.21 Å². The van der Waals surface area contributed by atoms with Crippen LogP contribution in [0.1, 0.15) is 19.4 Å². The van der Waals surface area contributed by atoms with E-state index in [2.05, 4.69) is 19.9 Å². The molecule has 70 valence electrons. The van der Waals surface area contributed by atoms with Gasteiger partial charge in [0.05, 0.1) is 6.54 Å². The van der Waals surface area contributed by atoms with E-state index in [-0.39, 0.29) is 5.41 Å². The highest BCUT2D eigenvalue weighted by molar-refractivity contribution is 5.41. The molecule has 1 heterocycles. The number of hydrogen-bond acceptors (Lipinski definition) is 1. The zero-order valence-electron chi connectivity index (χ0n) is 8.13. The summed E-state index contributed by atoms with van der Waals surface area (Å²) in [5.74, 6) is 0. The summed E-state index contributed by atoms with van der Waals surface area (Å²) in [5.41, 5.74) is 2.29. The van der Waals surface area contributed by atoms with Crippen molar-refractivity contribution in [3.63, 3.8) is 0 Å². The molecule has 1 aromatic rings. The second kappa shape index (κ2) is 2.82. The van der Waals surface area contributed by atoms with Crippen molar-refractivity contribution < 1.29 is 5.06 Å². The van der Waals surface area contributed by atoms with Crippen LogP contribution in [0.5, 0.6) is 0 Å². The predicted molar refractivity (Wildman–Crippen MR) is 52.8 cm³/mol. The Morgan fingerprint density at radius 1 is 1.31 bits per heavy atom. The first-order valence-corrected chi connectivity index (χ1v) is 4.70. The zero-order chi connectivity index (χ0) is 9.47. The van der Waals surface area contributed by atoms with Crippen LogP contribution in [0.15, 0.2) is 24.3 Å². The van der Waals surface area contributed by atoms with Gasteiger partial charge < -0.3 is 10.3 Å². The van der Waals surface area contributed by atoms with Crippen LogP contribution in [0.3, 0.4) is 0 Å². The van der Waals surface area contributed by atoms with Crippen molar-refractivity contribution in [1.29, 1.82) is 0 Å². The summed E-state index contributed by atoms with van der Waals surface area (Å²) in [6.45, 7) is 4.99. The summed E-state index contributed by atoms with van der Waals surface area (Å²) in [4.78, 5) is 0. The molecule has 1 aromatic carbocycles. The molecule has 2 heteroatoms. The standard InChI is InChI=1S/C11H15NO/c1-11(2)7-9-5-3-4-6-10(9)12(13)8-11/h3-6,12H,7-8H2,1-2H3. The number of fused-ring (bicyclic) bond motifs is 1. The molecule has 1 atom stereocenters. The third kappa shape index (κ3) is 1.60. The smallest absolute Gasteiger partial charge is 0.134 e. The number of nitrogens with one attached hydrogen (secondary N) is 1. The fourth-order valence-electron chi connectivity index (χ4n) is 2.05. The molecule has 1 aliphatic heterocycles. The predicted octanol–water partition coefficient (Wildman–Crippen LogP) is 1.28. The highest BCUT2D eigenvalue weighted by Gasteiger charge is 2.30. The quantitative estimate of drug-likeness (QED) is 0.594. The lowest BCUT2D eigenvalue weighted by Gasteiger charge is -2.38. The van der Waals surface area contributed by atoms with Crippen LogP contribution in [-0.2, 0) is 6.42 Å². The van der Waals surface area contributed by atoms with Gasteiger partial charge in [0.2, 0.25) is 0 Å². The van der Waals surface area contributed by atoms with E-state index in [0.717, 1.165) is 12.1 Å². The molecule has 2 nitrogen and oxygen atoms in total. The Bertz CT molecular complexity index is 320. The van der Waals surface area contributed by atoms with Crippen molar-refractivity contribution in [2.24, 2.45) is 5.41 Å². The monoisotopic (exact) mass is 177 g/mol. The molecule has 2 rings (SSSR count). The van der Waals surface area contributed by atoms with E-state index < -0.39 is 0 Å². The number of benzene rings is 1. The molecule has 0 aromatic heterocycles. The van der Waals surface area contributed by atoms with Crippen LogP contribution < -0.4 is 5.06 Å². The maximum Gasteiger partial charge on any atom is 0.134 e. The summed E-state index contributed by atoms with van der Waals surface area (Å²) in [7, 11) is 0. The molecule has 1 aliphatic rings. The van der Waals surface area contributed by atoms with Crippen molar-refractivity contribution in [2.75, 3.05) is 6.54 Å². The first-order chi connectivity index (χ1) is 6.08. The van der Waals surface area contributed by atoms with E-state index in [1.807, 2.05) is 18.2 Å². The summed E-state index contributed by atoms with van der Waals surface area (Å²) in [6, 6.07) is 7.95. The molecule has 0 fully saturated rings. The molecular formula is C11H15NO. The van der Waals surface area contributed by atoms with E-state index in [1.165, 1.54) is 5.56 Å². The van der Waals surface area contributed by atoms with Crippen molar-refractivity contribution in [2.45, 2.75) is 20.3 Å². The Morgan fingerprint density at radius 2 is 2.00 bits per heavy atom. The summed E-state index contributed by atoms with van der Waals surface area (Å²) in [5, 5.41) is 12.0. The van der Waals surface area contributed by atoms with E-state index in [4.69, 9.17) is 0 Å². The number of para-hydroxylation sites is 1. The average molecular weight is 177 g/mol. The molecule has 0 amide bonds. The third-order valence-corrected chi connectivity index (χ3v) is 2.63. The third-order valence-electron chi connectivity index (χ3n) is 2.63. The molecule has 0 radical (unpaired) electrons. The molecule has 1 N–H and O–H groups in total. The Kier molecular flexibility index (Phi) is 1.90.